The first-order valence-electron chi connectivity index (χ1n) is 13.7. The lowest BCUT2D eigenvalue weighted by atomic mass is 9.99. The summed E-state index contributed by atoms with van der Waals surface area (Å²) in [5, 5.41) is 27.0. The topological polar surface area (TPSA) is 161 Å². The van der Waals surface area contributed by atoms with Crippen molar-refractivity contribution >= 4 is 40.7 Å². The zero-order valence-electron chi connectivity index (χ0n) is 23.9. The van der Waals surface area contributed by atoms with E-state index in [0.29, 0.717) is 25.0 Å². The molecule has 1 aromatic heterocycles. The van der Waals surface area contributed by atoms with E-state index in [1.807, 2.05) is 37.3 Å². The van der Waals surface area contributed by atoms with Gasteiger partial charge in [0.1, 0.15) is 18.1 Å². The highest BCUT2D eigenvalue weighted by Crippen LogP contribution is 2.18. The number of carbonyl (C=O) groups excluding carboxylic acids is 3. The number of aryl methyl sites for hydroxylation is 1. The second-order valence-electron chi connectivity index (χ2n) is 10.4. The van der Waals surface area contributed by atoms with Crippen LogP contribution < -0.4 is 16.1 Å². The Balaban J connectivity index is 1.68. The van der Waals surface area contributed by atoms with Crippen LogP contribution in [0.15, 0.2) is 48.6 Å². The van der Waals surface area contributed by atoms with Crippen LogP contribution in [0.5, 0.6) is 0 Å². The third kappa shape index (κ3) is 8.21. The molecule has 1 aliphatic heterocycles. The van der Waals surface area contributed by atoms with Gasteiger partial charge in [-0.05, 0) is 63.3 Å². The second-order valence-corrected chi connectivity index (χ2v) is 10.4. The molecule has 5 unspecified atom stereocenters. The van der Waals surface area contributed by atoms with Crippen LogP contribution in [0.25, 0.3) is 17.0 Å². The Hall–Kier alpha value is -4.09. The van der Waals surface area contributed by atoms with E-state index in [-0.39, 0.29) is 0 Å². The van der Waals surface area contributed by atoms with Crippen LogP contribution in [0.1, 0.15) is 51.8 Å². The Bertz CT molecular complexity index is 1340. The monoisotopic (exact) mass is 565 g/mol. The van der Waals surface area contributed by atoms with Crippen molar-refractivity contribution in [3.05, 3.63) is 59.8 Å². The van der Waals surface area contributed by atoms with Gasteiger partial charge in [-0.15, -0.1) is 0 Å². The minimum Gasteiger partial charge on any atom is -0.480 e. The maximum absolute atomic E-state index is 13.2. The van der Waals surface area contributed by atoms with Crippen molar-refractivity contribution < 1.29 is 29.4 Å². The fourth-order valence-electron chi connectivity index (χ4n) is 4.53. The zero-order chi connectivity index (χ0) is 30.3. The third-order valence-corrected chi connectivity index (χ3v) is 6.98. The molecule has 1 saturated heterocycles. The van der Waals surface area contributed by atoms with E-state index >= 15 is 0 Å². The van der Waals surface area contributed by atoms with Crippen molar-refractivity contribution in [3.8, 4) is 0 Å². The molecule has 1 fully saturated rings. The van der Waals surface area contributed by atoms with Crippen molar-refractivity contribution in [1.82, 2.24) is 26.1 Å². The maximum atomic E-state index is 13.2. The predicted octanol–water partition coefficient (Wildman–Crippen LogP) is 1.95. The summed E-state index contributed by atoms with van der Waals surface area (Å²) in [5.41, 5.74) is 5.59. The summed E-state index contributed by atoms with van der Waals surface area (Å²) in [4.78, 5) is 55.1. The van der Waals surface area contributed by atoms with E-state index in [4.69, 9.17) is 0 Å². The molecule has 3 rings (SSSR count). The van der Waals surface area contributed by atoms with Gasteiger partial charge in [0.2, 0.25) is 11.8 Å². The molecule has 1 aliphatic rings. The molecule has 2 heterocycles. The number of nitrogens with one attached hydrogen (secondary N) is 3. The van der Waals surface area contributed by atoms with Crippen LogP contribution in [0.4, 0.5) is 0 Å². The summed E-state index contributed by atoms with van der Waals surface area (Å²) in [6.45, 7) is 10.7. The van der Waals surface area contributed by atoms with Gasteiger partial charge in [-0.2, -0.15) is 0 Å². The summed E-state index contributed by atoms with van der Waals surface area (Å²) in [5.74, 6) is -3.78. The molecule has 3 amide bonds. The number of amides is 3. The largest absolute Gasteiger partial charge is 0.480 e. The Morgan fingerprint density at radius 1 is 1.17 bits per heavy atom. The molecule has 11 heteroatoms. The highest BCUT2D eigenvalue weighted by atomic mass is 16.4. The molecular weight excluding hydrogens is 526 g/mol. The first-order chi connectivity index (χ1) is 19.4. The van der Waals surface area contributed by atoms with E-state index in [1.54, 1.807) is 19.1 Å². The molecule has 0 aliphatic carbocycles. The van der Waals surface area contributed by atoms with Crippen molar-refractivity contribution in [2.45, 2.75) is 71.2 Å². The first-order valence-corrected chi connectivity index (χ1v) is 13.7. The summed E-state index contributed by atoms with van der Waals surface area (Å²) in [6, 6.07) is 6.67. The molecule has 41 heavy (non-hydrogen) atoms. The molecule has 11 nitrogen and oxygen atoms in total. The van der Waals surface area contributed by atoms with E-state index in [2.05, 4.69) is 27.6 Å². The first kappa shape index (κ1) is 31.4. The Morgan fingerprint density at radius 2 is 1.88 bits per heavy atom. The van der Waals surface area contributed by atoms with Gasteiger partial charge in [0, 0.05) is 17.6 Å². The van der Waals surface area contributed by atoms with Crippen LogP contribution >= 0.6 is 0 Å². The maximum Gasteiger partial charge on any atom is 0.322 e. The molecule has 5 N–H and O–H groups in total. The van der Waals surface area contributed by atoms with Gasteiger partial charge in [0.25, 0.3) is 5.91 Å². The van der Waals surface area contributed by atoms with E-state index in [1.165, 1.54) is 18.9 Å². The molecule has 5 atom stereocenters. The van der Waals surface area contributed by atoms with Crippen molar-refractivity contribution in [2.75, 3.05) is 6.54 Å². The number of hydrazine groups is 1. The number of carboxylic acid groups (broad SMARTS) is 1. The van der Waals surface area contributed by atoms with Gasteiger partial charge in [-0.25, -0.2) is 5.43 Å². The summed E-state index contributed by atoms with van der Waals surface area (Å²) >= 11 is 0. The normalized spacial score (nSPS) is 18.4. The van der Waals surface area contributed by atoms with E-state index in [0.717, 1.165) is 28.6 Å². The van der Waals surface area contributed by atoms with Crippen LogP contribution in [0.3, 0.4) is 0 Å². The number of aliphatic hydroxyl groups is 1. The number of carboxylic acids is 1. The number of fused-ring (bicyclic) bond motifs is 1. The molecular formula is C30H39N5O6. The Labute approximate surface area is 239 Å². The summed E-state index contributed by atoms with van der Waals surface area (Å²) in [7, 11) is 0. The molecule has 0 saturated carbocycles. The zero-order valence-corrected chi connectivity index (χ0v) is 23.9. The number of carbonyl (C=O) groups is 4. The number of pyridine rings is 1. The Kier molecular flexibility index (Phi) is 10.7. The van der Waals surface area contributed by atoms with Crippen LogP contribution in [-0.4, -0.2) is 74.7 Å². The van der Waals surface area contributed by atoms with Crippen molar-refractivity contribution in [2.24, 2.45) is 5.92 Å². The van der Waals surface area contributed by atoms with E-state index < -0.39 is 53.8 Å². The average Bonchev–Trinajstić information content (AvgIpc) is 2.94. The SMILES string of the molecule is C=C(C)C(NC(=O)C(C=Cc1ccc2ccc(CC)nc2c1)C(C)O)C(=O)NC(C)C(=O)N1CCCC(C(=O)O)N1. The minimum absolute atomic E-state index is 0.304. The lowest BCUT2D eigenvalue weighted by Crippen LogP contribution is -2.60. The minimum atomic E-state index is -1.16. The number of benzene rings is 1. The number of aliphatic carboxylic acids is 1. The van der Waals surface area contributed by atoms with Crippen LogP contribution in [-0.2, 0) is 25.6 Å². The summed E-state index contributed by atoms with van der Waals surface area (Å²) in [6.07, 6.45) is 3.95. The fraction of sp³-hybridized carbons (Fsp3) is 0.433. The van der Waals surface area contributed by atoms with Gasteiger partial charge >= 0.3 is 5.97 Å². The Morgan fingerprint density at radius 3 is 2.51 bits per heavy atom. The molecule has 2 aromatic rings. The quantitative estimate of drug-likeness (QED) is 0.258. The standard InChI is InChI=1S/C30H39N5O6/c1-6-22-13-12-21-11-9-20(16-25(21)32-22)10-14-23(19(5)36)27(37)33-26(17(2)3)28(38)31-18(4)29(39)35-15-7-8-24(34-35)30(40)41/h9-14,16,18-19,23-24,26,34,36H,2,6-8,15H2,1,3-5H3,(H,31,38)(H,33,37)(H,40,41). The fourth-order valence-corrected chi connectivity index (χ4v) is 4.53. The predicted molar refractivity (Wildman–Crippen MR) is 155 cm³/mol. The van der Waals surface area contributed by atoms with Crippen molar-refractivity contribution in [1.29, 1.82) is 0 Å². The molecule has 220 valence electrons. The molecule has 0 spiro atoms. The van der Waals surface area contributed by atoms with Crippen LogP contribution in [0, 0.1) is 5.92 Å². The average molecular weight is 566 g/mol. The van der Waals surface area contributed by atoms with E-state index in [9.17, 15) is 29.4 Å². The number of aliphatic hydroxyl groups excluding tert-OH is 1. The smallest absolute Gasteiger partial charge is 0.322 e. The lowest BCUT2D eigenvalue weighted by molar-refractivity contribution is -0.148. The number of hydrogen-bond donors (Lipinski definition) is 5. The number of rotatable bonds is 11. The number of aromatic nitrogens is 1. The van der Waals surface area contributed by atoms with Crippen molar-refractivity contribution in [3.63, 3.8) is 0 Å². The van der Waals surface area contributed by atoms with Gasteiger partial charge < -0.3 is 20.8 Å². The number of hydrogen-bond acceptors (Lipinski definition) is 7. The highest BCUT2D eigenvalue weighted by Gasteiger charge is 2.33. The van der Waals surface area contributed by atoms with Gasteiger partial charge in [0.15, 0.2) is 0 Å². The number of nitrogens with zero attached hydrogens (tertiary/aromatic N) is 2. The molecule has 0 radical (unpaired) electrons. The lowest BCUT2D eigenvalue weighted by Gasteiger charge is -2.34. The third-order valence-electron chi connectivity index (χ3n) is 6.98. The molecule has 1 aromatic carbocycles. The van der Waals surface area contributed by atoms with Gasteiger partial charge in [-0.3, -0.25) is 29.2 Å². The summed E-state index contributed by atoms with van der Waals surface area (Å²) < 4.78 is 0. The van der Waals surface area contributed by atoms with Crippen LogP contribution in [0.2, 0.25) is 0 Å². The second kappa shape index (κ2) is 14.0. The molecule has 0 bridgehead atoms. The highest BCUT2D eigenvalue weighted by molar-refractivity contribution is 5.94. The van der Waals surface area contributed by atoms with Gasteiger partial charge in [0.05, 0.1) is 17.5 Å². The van der Waals surface area contributed by atoms with Gasteiger partial charge in [-0.1, -0.05) is 43.9 Å².